The number of benzene rings is 2. The summed E-state index contributed by atoms with van der Waals surface area (Å²) in [4.78, 5) is 29.3. The number of hydrogen-bond acceptors (Lipinski definition) is 5. The number of H-pyrrole nitrogens is 1. The maximum atomic E-state index is 13.9. The minimum atomic E-state index is -0.305. The van der Waals surface area contributed by atoms with Gasteiger partial charge in [-0.05, 0) is 47.4 Å². The summed E-state index contributed by atoms with van der Waals surface area (Å²) in [6.07, 6.45) is 9.45. The Balaban J connectivity index is 1.36. The first-order valence-corrected chi connectivity index (χ1v) is 12.9. The van der Waals surface area contributed by atoms with Crippen LogP contribution in [0.15, 0.2) is 79.4 Å². The van der Waals surface area contributed by atoms with Gasteiger partial charge in [-0.3, -0.25) is 14.8 Å². The summed E-state index contributed by atoms with van der Waals surface area (Å²) in [6.45, 7) is 4.69. The van der Waals surface area contributed by atoms with Crippen LogP contribution in [0.4, 0.5) is 15.8 Å². The van der Waals surface area contributed by atoms with E-state index >= 15 is 0 Å². The maximum absolute atomic E-state index is 13.9. The number of halogens is 1. The lowest BCUT2D eigenvalue weighted by atomic mass is 9.95. The Bertz CT molecular complexity index is 1740. The number of hydrogen-bond donors (Lipinski definition) is 3. The van der Waals surface area contributed by atoms with Gasteiger partial charge < -0.3 is 15.6 Å². The van der Waals surface area contributed by atoms with Crippen LogP contribution in [-0.4, -0.2) is 32.4 Å². The topological polar surface area (TPSA) is 95.6 Å². The molecule has 5 aromatic rings. The molecule has 3 N–H and O–H groups in total. The smallest absolute Gasteiger partial charge is 0.224 e. The summed E-state index contributed by atoms with van der Waals surface area (Å²) in [7, 11) is 0. The Morgan fingerprint density at radius 2 is 1.85 bits per heavy atom. The van der Waals surface area contributed by atoms with Crippen LogP contribution in [0.25, 0.3) is 38.9 Å². The zero-order valence-electron chi connectivity index (χ0n) is 21.6. The summed E-state index contributed by atoms with van der Waals surface area (Å²) in [5.41, 5.74) is 8.47. The summed E-state index contributed by atoms with van der Waals surface area (Å²) in [5.74, 6) is 0.656. The largest absolute Gasteiger partial charge is 0.381 e. The molecule has 0 atom stereocenters. The lowest BCUT2D eigenvalue weighted by molar-refractivity contribution is -0.116. The fourth-order valence-electron chi connectivity index (χ4n) is 4.87. The standard InChI is InChI=1S/C31H27FN6O/c1-18(2)10-29(39)36-23-12-21(14-33-15-23)19-6-7-27-25(13-19)24(8-9-35-27)31-37-28-17-34-16-26(30(28)38-31)20-4-3-5-22(32)11-20/h3-8,11-18,35H,9-10H2,1-2H3,(H,36,39)(H,37,38). The number of aromatic nitrogens is 4. The average molecular weight is 519 g/mol. The van der Waals surface area contributed by atoms with Crippen molar-refractivity contribution < 1.29 is 9.18 Å². The van der Waals surface area contributed by atoms with Gasteiger partial charge in [0.15, 0.2) is 0 Å². The minimum absolute atomic E-state index is 0.0270. The third-order valence-electron chi connectivity index (χ3n) is 6.64. The van der Waals surface area contributed by atoms with Crippen molar-refractivity contribution in [3.05, 3.63) is 96.6 Å². The highest BCUT2D eigenvalue weighted by Gasteiger charge is 2.20. The van der Waals surface area contributed by atoms with Crippen LogP contribution in [-0.2, 0) is 4.79 Å². The first-order chi connectivity index (χ1) is 18.9. The number of anilines is 2. The van der Waals surface area contributed by atoms with E-state index < -0.39 is 0 Å². The molecule has 1 aliphatic rings. The number of aromatic amines is 1. The molecular weight excluding hydrogens is 491 g/mol. The lowest BCUT2D eigenvalue weighted by Gasteiger charge is -2.19. The number of carbonyl (C=O) groups excluding carboxylic acids is 1. The Morgan fingerprint density at radius 3 is 2.69 bits per heavy atom. The van der Waals surface area contributed by atoms with E-state index in [0.717, 1.165) is 50.1 Å². The fourth-order valence-corrected chi connectivity index (χ4v) is 4.87. The zero-order valence-corrected chi connectivity index (χ0v) is 21.6. The van der Waals surface area contributed by atoms with Gasteiger partial charge in [0, 0.05) is 53.3 Å². The SMILES string of the molecule is CC(C)CC(=O)Nc1cncc(-c2ccc3c(c2)C(c2nc4c(-c5cccc(F)c5)cncc4[nH]2)=CCN3)c1. The lowest BCUT2D eigenvalue weighted by Crippen LogP contribution is -2.14. The molecular formula is C31H27FN6O. The number of rotatable bonds is 6. The highest BCUT2D eigenvalue weighted by atomic mass is 19.1. The highest BCUT2D eigenvalue weighted by molar-refractivity contribution is 5.96. The van der Waals surface area contributed by atoms with Gasteiger partial charge in [0.2, 0.25) is 5.91 Å². The van der Waals surface area contributed by atoms with Gasteiger partial charge in [0.1, 0.15) is 11.6 Å². The summed E-state index contributed by atoms with van der Waals surface area (Å²) in [6, 6.07) is 14.6. The van der Waals surface area contributed by atoms with Crippen molar-refractivity contribution in [2.24, 2.45) is 5.92 Å². The number of amides is 1. The molecule has 6 rings (SSSR count). The summed E-state index contributed by atoms with van der Waals surface area (Å²) >= 11 is 0. The van der Waals surface area contributed by atoms with Crippen molar-refractivity contribution in [1.82, 2.24) is 19.9 Å². The van der Waals surface area contributed by atoms with Crippen LogP contribution in [0, 0.1) is 11.7 Å². The second-order valence-corrected chi connectivity index (χ2v) is 10.0. The van der Waals surface area contributed by atoms with E-state index in [1.54, 1.807) is 30.9 Å². The number of imidazole rings is 1. The predicted octanol–water partition coefficient (Wildman–Crippen LogP) is 6.67. The molecule has 39 heavy (non-hydrogen) atoms. The first kappa shape index (κ1) is 24.5. The zero-order chi connectivity index (χ0) is 26.9. The Morgan fingerprint density at radius 1 is 0.974 bits per heavy atom. The Kier molecular flexibility index (Phi) is 6.36. The molecule has 0 radical (unpaired) electrons. The summed E-state index contributed by atoms with van der Waals surface area (Å²) in [5, 5.41) is 6.38. The van der Waals surface area contributed by atoms with Crippen molar-refractivity contribution in [2.45, 2.75) is 20.3 Å². The molecule has 0 unspecified atom stereocenters. The van der Waals surface area contributed by atoms with Crippen molar-refractivity contribution in [3.63, 3.8) is 0 Å². The van der Waals surface area contributed by atoms with E-state index in [9.17, 15) is 9.18 Å². The van der Waals surface area contributed by atoms with E-state index in [-0.39, 0.29) is 17.6 Å². The van der Waals surface area contributed by atoms with Crippen LogP contribution in [0.1, 0.15) is 31.7 Å². The van der Waals surface area contributed by atoms with Gasteiger partial charge in [0.25, 0.3) is 0 Å². The minimum Gasteiger partial charge on any atom is -0.381 e. The van der Waals surface area contributed by atoms with Crippen LogP contribution in [0.2, 0.25) is 0 Å². The molecule has 0 saturated carbocycles. The molecule has 2 aromatic carbocycles. The molecule has 0 saturated heterocycles. The second-order valence-electron chi connectivity index (χ2n) is 10.0. The van der Waals surface area contributed by atoms with Gasteiger partial charge in [-0.1, -0.05) is 38.1 Å². The normalized spacial score (nSPS) is 12.7. The quantitative estimate of drug-likeness (QED) is 0.233. The van der Waals surface area contributed by atoms with Crippen LogP contribution in [0.3, 0.4) is 0 Å². The molecule has 1 aliphatic heterocycles. The van der Waals surface area contributed by atoms with E-state index in [4.69, 9.17) is 4.98 Å². The number of nitrogens with zero attached hydrogens (tertiary/aromatic N) is 3. The van der Waals surface area contributed by atoms with Crippen LogP contribution in [0.5, 0.6) is 0 Å². The molecule has 3 aromatic heterocycles. The van der Waals surface area contributed by atoms with Gasteiger partial charge in [-0.2, -0.15) is 0 Å². The van der Waals surface area contributed by atoms with E-state index in [0.29, 0.717) is 24.5 Å². The number of nitrogens with one attached hydrogen (secondary N) is 3. The number of fused-ring (bicyclic) bond motifs is 2. The van der Waals surface area contributed by atoms with Gasteiger partial charge in [-0.25, -0.2) is 9.37 Å². The second kappa shape index (κ2) is 10.1. The van der Waals surface area contributed by atoms with Crippen molar-refractivity contribution in [2.75, 3.05) is 17.2 Å². The van der Waals surface area contributed by atoms with E-state index in [1.807, 2.05) is 38.1 Å². The van der Waals surface area contributed by atoms with Gasteiger partial charge >= 0.3 is 0 Å². The van der Waals surface area contributed by atoms with Crippen molar-refractivity contribution in [3.8, 4) is 22.3 Å². The highest BCUT2D eigenvalue weighted by Crippen LogP contribution is 2.36. The van der Waals surface area contributed by atoms with E-state index in [2.05, 4.69) is 37.7 Å². The third-order valence-corrected chi connectivity index (χ3v) is 6.64. The molecule has 0 bridgehead atoms. The van der Waals surface area contributed by atoms with Crippen LogP contribution < -0.4 is 10.6 Å². The molecule has 8 heteroatoms. The number of carbonyl (C=O) groups is 1. The van der Waals surface area contributed by atoms with Crippen molar-refractivity contribution in [1.29, 1.82) is 0 Å². The molecule has 7 nitrogen and oxygen atoms in total. The summed E-state index contributed by atoms with van der Waals surface area (Å²) < 4.78 is 13.9. The Labute approximate surface area is 225 Å². The molecule has 0 spiro atoms. The first-order valence-electron chi connectivity index (χ1n) is 12.9. The van der Waals surface area contributed by atoms with Crippen molar-refractivity contribution >= 4 is 33.9 Å². The average Bonchev–Trinajstić information content (AvgIpc) is 3.36. The monoisotopic (exact) mass is 518 g/mol. The Hall–Kier alpha value is -4.85. The number of pyridine rings is 2. The van der Waals surface area contributed by atoms with Gasteiger partial charge in [-0.15, -0.1) is 0 Å². The third kappa shape index (κ3) is 5.01. The van der Waals surface area contributed by atoms with Gasteiger partial charge in [0.05, 0.1) is 29.1 Å². The molecule has 0 fully saturated rings. The predicted molar refractivity (Wildman–Crippen MR) is 153 cm³/mol. The molecule has 1 amide bonds. The molecule has 0 aliphatic carbocycles. The molecule has 4 heterocycles. The maximum Gasteiger partial charge on any atom is 0.224 e. The van der Waals surface area contributed by atoms with E-state index in [1.165, 1.54) is 12.1 Å². The fraction of sp³-hybridized carbons (Fsp3) is 0.161. The van der Waals surface area contributed by atoms with Crippen LogP contribution >= 0.6 is 0 Å². The molecule has 194 valence electrons.